The van der Waals surface area contributed by atoms with E-state index in [0.29, 0.717) is 4.47 Å². The summed E-state index contributed by atoms with van der Waals surface area (Å²) in [7, 11) is 0. The van der Waals surface area contributed by atoms with Crippen molar-refractivity contribution in [2.75, 3.05) is 0 Å². The molecule has 1 rings (SSSR count). The minimum atomic E-state index is -0.617. The van der Waals surface area contributed by atoms with Crippen molar-refractivity contribution in [3.63, 3.8) is 0 Å². The lowest BCUT2D eigenvalue weighted by atomic mass is 10.2. The minimum absolute atomic E-state index is 0.0544. The zero-order chi connectivity index (χ0) is 12.1. The molecule has 5 nitrogen and oxygen atoms in total. The molecule has 0 aromatic heterocycles. The zero-order valence-electron chi connectivity index (χ0n) is 8.16. The molecular weight excluding hydrogens is 276 g/mol. The molecule has 6 heteroatoms. The lowest BCUT2D eigenvalue weighted by Crippen LogP contribution is -2.40. The largest absolute Gasteiger partial charge is 0.507 e. The Morgan fingerprint density at radius 1 is 1.38 bits per heavy atom. The van der Waals surface area contributed by atoms with E-state index in [2.05, 4.69) is 33.4 Å². The van der Waals surface area contributed by atoms with Gasteiger partial charge < -0.3 is 5.11 Å². The highest BCUT2D eigenvalue weighted by atomic mass is 79.9. The zero-order valence-corrected chi connectivity index (χ0v) is 9.74. The van der Waals surface area contributed by atoms with Gasteiger partial charge in [0.25, 0.3) is 11.8 Å². The number of hydrazine groups is 1. The molecule has 3 N–H and O–H groups in total. The molecule has 1 aromatic rings. The van der Waals surface area contributed by atoms with Crippen LogP contribution in [0.5, 0.6) is 5.75 Å². The summed E-state index contributed by atoms with van der Waals surface area (Å²) in [5.41, 5.74) is 4.28. The SMILES string of the molecule is C=CC(=O)NNC(=O)c1cc(Br)ccc1O. The number of phenols is 1. The van der Waals surface area contributed by atoms with Gasteiger partial charge in [-0.15, -0.1) is 0 Å². The van der Waals surface area contributed by atoms with Crippen molar-refractivity contribution in [3.8, 4) is 5.75 Å². The third-order valence-electron chi connectivity index (χ3n) is 1.69. The molecule has 0 unspecified atom stereocenters. The molecule has 0 aliphatic heterocycles. The predicted octanol–water partition coefficient (Wildman–Crippen LogP) is 1.10. The Hall–Kier alpha value is -1.82. The Morgan fingerprint density at radius 3 is 2.69 bits per heavy atom. The van der Waals surface area contributed by atoms with E-state index in [1.54, 1.807) is 6.07 Å². The summed E-state index contributed by atoms with van der Waals surface area (Å²) in [5, 5.41) is 9.41. The Morgan fingerprint density at radius 2 is 2.06 bits per heavy atom. The second-order valence-corrected chi connectivity index (χ2v) is 3.72. The van der Waals surface area contributed by atoms with Crippen molar-refractivity contribution in [1.82, 2.24) is 10.9 Å². The lowest BCUT2D eigenvalue weighted by molar-refractivity contribution is -0.117. The lowest BCUT2D eigenvalue weighted by Gasteiger charge is -2.07. The third-order valence-corrected chi connectivity index (χ3v) is 2.18. The Bertz CT molecular complexity index is 446. The number of aromatic hydroxyl groups is 1. The van der Waals surface area contributed by atoms with Gasteiger partial charge in [-0.25, -0.2) is 0 Å². The summed E-state index contributed by atoms with van der Waals surface area (Å²) < 4.78 is 0.644. The van der Waals surface area contributed by atoms with E-state index in [4.69, 9.17) is 0 Å². The van der Waals surface area contributed by atoms with Crippen LogP contribution < -0.4 is 10.9 Å². The highest BCUT2D eigenvalue weighted by Gasteiger charge is 2.11. The van der Waals surface area contributed by atoms with E-state index in [0.717, 1.165) is 6.08 Å². The molecule has 84 valence electrons. The van der Waals surface area contributed by atoms with Crippen LogP contribution in [0.1, 0.15) is 10.4 Å². The molecule has 0 spiro atoms. The van der Waals surface area contributed by atoms with Gasteiger partial charge in [-0.2, -0.15) is 0 Å². The van der Waals surface area contributed by atoms with Gasteiger partial charge in [-0.1, -0.05) is 22.5 Å². The fourth-order valence-electron chi connectivity index (χ4n) is 0.927. The van der Waals surface area contributed by atoms with Crippen LogP contribution in [0.15, 0.2) is 35.3 Å². The molecule has 0 heterocycles. The molecule has 0 fully saturated rings. The molecule has 16 heavy (non-hydrogen) atoms. The van der Waals surface area contributed by atoms with Crippen LogP contribution in [0.4, 0.5) is 0 Å². The maximum atomic E-state index is 11.5. The van der Waals surface area contributed by atoms with E-state index in [1.807, 2.05) is 0 Å². The van der Waals surface area contributed by atoms with Crippen molar-refractivity contribution in [1.29, 1.82) is 0 Å². The molecule has 1 aromatic carbocycles. The molecule has 0 saturated carbocycles. The number of hydrogen-bond acceptors (Lipinski definition) is 3. The van der Waals surface area contributed by atoms with Gasteiger partial charge >= 0.3 is 0 Å². The quantitative estimate of drug-likeness (QED) is 0.562. The molecule has 0 radical (unpaired) electrons. The number of benzene rings is 1. The van der Waals surface area contributed by atoms with Crippen LogP contribution in [0.2, 0.25) is 0 Å². The monoisotopic (exact) mass is 284 g/mol. The Balaban J connectivity index is 2.76. The van der Waals surface area contributed by atoms with Crippen LogP contribution in [0.3, 0.4) is 0 Å². The standard InChI is InChI=1S/C10H9BrN2O3/c1-2-9(15)12-13-10(16)7-5-6(11)3-4-8(7)14/h2-5,14H,1H2,(H,12,15)(H,13,16). The third kappa shape index (κ3) is 3.09. The number of rotatable bonds is 2. The van der Waals surface area contributed by atoms with Crippen molar-refractivity contribution in [2.24, 2.45) is 0 Å². The highest BCUT2D eigenvalue weighted by Crippen LogP contribution is 2.21. The van der Waals surface area contributed by atoms with Gasteiger partial charge in [0.05, 0.1) is 5.56 Å². The maximum absolute atomic E-state index is 11.5. The molecular formula is C10H9BrN2O3. The van der Waals surface area contributed by atoms with Gasteiger partial charge in [0.2, 0.25) is 0 Å². The molecule has 0 saturated heterocycles. The normalized spacial score (nSPS) is 9.31. The number of phenolic OH excluding ortho intramolecular Hbond substituents is 1. The summed E-state index contributed by atoms with van der Waals surface area (Å²) in [4.78, 5) is 22.3. The number of carbonyl (C=O) groups is 2. The number of hydrogen-bond donors (Lipinski definition) is 3. The molecule has 0 aliphatic carbocycles. The smallest absolute Gasteiger partial charge is 0.273 e. The average molecular weight is 285 g/mol. The van der Waals surface area contributed by atoms with Crippen molar-refractivity contribution >= 4 is 27.7 Å². The summed E-state index contributed by atoms with van der Waals surface area (Å²) in [5.74, 6) is -1.33. The maximum Gasteiger partial charge on any atom is 0.273 e. The first-order chi connectivity index (χ1) is 7.54. The van der Waals surface area contributed by atoms with Crippen LogP contribution in [0, 0.1) is 0 Å². The molecule has 2 amide bonds. The van der Waals surface area contributed by atoms with E-state index >= 15 is 0 Å². The fraction of sp³-hybridized carbons (Fsp3) is 0. The first-order valence-corrected chi connectivity index (χ1v) is 5.05. The highest BCUT2D eigenvalue weighted by molar-refractivity contribution is 9.10. The second-order valence-electron chi connectivity index (χ2n) is 2.81. The molecule has 0 aliphatic rings. The summed E-state index contributed by atoms with van der Waals surface area (Å²) >= 11 is 3.16. The van der Waals surface area contributed by atoms with Crippen LogP contribution >= 0.6 is 15.9 Å². The second kappa shape index (κ2) is 5.32. The summed E-state index contributed by atoms with van der Waals surface area (Å²) in [6.45, 7) is 3.22. The van der Waals surface area contributed by atoms with Crippen LogP contribution in [-0.2, 0) is 4.79 Å². The van der Waals surface area contributed by atoms with Crippen LogP contribution in [-0.4, -0.2) is 16.9 Å². The number of halogens is 1. The van der Waals surface area contributed by atoms with Crippen molar-refractivity contribution in [2.45, 2.75) is 0 Å². The Labute approximate surface area is 100 Å². The van der Waals surface area contributed by atoms with Gasteiger partial charge in [-0.05, 0) is 24.3 Å². The molecule has 0 atom stereocenters. The van der Waals surface area contributed by atoms with Gasteiger partial charge in [0.15, 0.2) is 0 Å². The van der Waals surface area contributed by atoms with E-state index in [-0.39, 0.29) is 11.3 Å². The van der Waals surface area contributed by atoms with Crippen molar-refractivity contribution < 1.29 is 14.7 Å². The average Bonchev–Trinajstić information content (AvgIpc) is 2.28. The fourth-order valence-corrected chi connectivity index (χ4v) is 1.29. The van der Waals surface area contributed by atoms with E-state index < -0.39 is 11.8 Å². The van der Waals surface area contributed by atoms with Gasteiger partial charge in [0, 0.05) is 4.47 Å². The van der Waals surface area contributed by atoms with Crippen molar-refractivity contribution in [3.05, 3.63) is 40.9 Å². The van der Waals surface area contributed by atoms with Crippen LogP contribution in [0.25, 0.3) is 0 Å². The number of amides is 2. The van der Waals surface area contributed by atoms with E-state index in [1.165, 1.54) is 12.1 Å². The van der Waals surface area contributed by atoms with Gasteiger partial charge in [0.1, 0.15) is 5.75 Å². The topological polar surface area (TPSA) is 78.4 Å². The predicted molar refractivity (Wildman–Crippen MR) is 61.6 cm³/mol. The Kier molecular flexibility index (Phi) is 4.07. The number of nitrogens with one attached hydrogen (secondary N) is 2. The molecule has 0 bridgehead atoms. The number of carbonyl (C=O) groups excluding carboxylic acids is 2. The summed E-state index contributed by atoms with van der Waals surface area (Å²) in [6.07, 6.45) is 1.01. The first kappa shape index (κ1) is 12.3. The first-order valence-electron chi connectivity index (χ1n) is 4.26. The van der Waals surface area contributed by atoms with Gasteiger partial charge in [-0.3, -0.25) is 20.4 Å². The summed E-state index contributed by atoms with van der Waals surface area (Å²) in [6, 6.07) is 4.40. The van der Waals surface area contributed by atoms with E-state index in [9.17, 15) is 14.7 Å². The minimum Gasteiger partial charge on any atom is -0.507 e.